The average Bonchev–Trinajstić information content (AvgIpc) is 2.78. The number of esters is 1. The third-order valence-corrected chi connectivity index (χ3v) is 6.56. The number of carbonyl (C=O) groups is 3. The molecule has 2 aromatic carbocycles. The Morgan fingerprint density at radius 2 is 1.47 bits per heavy atom. The van der Waals surface area contributed by atoms with Crippen LogP contribution < -0.4 is 10.9 Å². The van der Waals surface area contributed by atoms with E-state index in [9.17, 15) is 27.2 Å². The molecule has 0 saturated carbocycles. The molecular formula is C21H24FN3O6S. The highest BCUT2D eigenvalue weighted by atomic mass is 32.2. The molecular weight excluding hydrogens is 441 g/mol. The summed E-state index contributed by atoms with van der Waals surface area (Å²) in [5.41, 5.74) is 4.42. The molecule has 172 valence electrons. The Morgan fingerprint density at radius 1 is 0.938 bits per heavy atom. The summed E-state index contributed by atoms with van der Waals surface area (Å²) in [7, 11) is -3.66. The van der Waals surface area contributed by atoms with Gasteiger partial charge in [0.25, 0.3) is 11.8 Å². The Bertz CT molecular complexity index is 1070. The van der Waals surface area contributed by atoms with Gasteiger partial charge in [-0.3, -0.25) is 20.4 Å². The number of rotatable bonds is 8. The van der Waals surface area contributed by atoms with E-state index < -0.39 is 39.7 Å². The Labute approximate surface area is 185 Å². The summed E-state index contributed by atoms with van der Waals surface area (Å²) in [6.07, 6.45) is -1.25. The van der Waals surface area contributed by atoms with Crippen LogP contribution in [0.1, 0.15) is 41.5 Å². The first-order valence-corrected chi connectivity index (χ1v) is 11.2. The maximum atomic E-state index is 12.9. The summed E-state index contributed by atoms with van der Waals surface area (Å²) in [6, 6.07) is 9.84. The molecule has 0 unspecified atom stereocenters. The predicted molar refractivity (Wildman–Crippen MR) is 113 cm³/mol. The molecule has 2 amide bonds. The lowest BCUT2D eigenvalue weighted by Gasteiger charge is -2.18. The van der Waals surface area contributed by atoms with Crippen LogP contribution in [0.2, 0.25) is 0 Å². The van der Waals surface area contributed by atoms with Gasteiger partial charge in [0.05, 0.1) is 10.5 Å². The Hall–Kier alpha value is -3.31. The Balaban J connectivity index is 1.94. The summed E-state index contributed by atoms with van der Waals surface area (Å²) >= 11 is 0. The van der Waals surface area contributed by atoms with Crippen molar-refractivity contribution in [1.29, 1.82) is 0 Å². The molecule has 0 bridgehead atoms. The van der Waals surface area contributed by atoms with E-state index in [1.54, 1.807) is 13.8 Å². The van der Waals surface area contributed by atoms with Crippen molar-refractivity contribution < 1.29 is 31.9 Å². The number of hydrogen-bond acceptors (Lipinski definition) is 6. The minimum absolute atomic E-state index is 0.0343. The number of benzene rings is 2. The number of ether oxygens (including phenoxy) is 1. The maximum Gasteiger partial charge on any atom is 0.338 e. The van der Waals surface area contributed by atoms with Crippen molar-refractivity contribution in [2.24, 2.45) is 0 Å². The lowest BCUT2D eigenvalue weighted by Crippen LogP contribution is -2.46. The number of hydrazine groups is 1. The molecule has 0 aliphatic carbocycles. The largest absolute Gasteiger partial charge is 0.449 e. The number of halogens is 1. The molecule has 0 aromatic heterocycles. The SMILES string of the molecule is CCN(CC)S(=O)(=O)c1ccc(C(=O)O[C@H](C)C(=O)NNC(=O)c2ccc(F)cc2)cc1. The highest BCUT2D eigenvalue weighted by molar-refractivity contribution is 7.89. The number of amides is 2. The zero-order chi connectivity index (χ0) is 23.9. The van der Waals surface area contributed by atoms with Crippen LogP contribution in [0.15, 0.2) is 53.4 Å². The average molecular weight is 466 g/mol. The van der Waals surface area contributed by atoms with Crippen LogP contribution in [0.5, 0.6) is 0 Å². The summed E-state index contributed by atoms with van der Waals surface area (Å²) in [5.74, 6) is -2.83. The van der Waals surface area contributed by atoms with Crippen LogP contribution in [-0.2, 0) is 19.6 Å². The second-order valence-electron chi connectivity index (χ2n) is 6.61. The first-order chi connectivity index (χ1) is 15.1. The first-order valence-electron chi connectivity index (χ1n) is 9.77. The van der Waals surface area contributed by atoms with Gasteiger partial charge < -0.3 is 4.74 Å². The third-order valence-electron chi connectivity index (χ3n) is 4.49. The zero-order valence-corrected chi connectivity index (χ0v) is 18.6. The Morgan fingerprint density at radius 3 is 2.00 bits per heavy atom. The van der Waals surface area contributed by atoms with Gasteiger partial charge in [-0.05, 0) is 55.5 Å². The van der Waals surface area contributed by atoms with Crippen LogP contribution in [0.3, 0.4) is 0 Å². The van der Waals surface area contributed by atoms with Gasteiger partial charge in [-0.2, -0.15) is 4.31 Å². The van der Waals surface area contributed by atoms with Crippen molar-refractivity contribution >= 4 is 27.8 Å². The molecule has 2 rings (SSSR count). The fraction of sp³-hybridized carbons (Fsp3) is 0.286. The smallest absolute Gasteiger partial charge is 0.338 e. The van der Waals surface area contributed by atoms with Gasteiger partial charge in [0.2, 0.25) is 10.0 Å². The lowest BCUT2D eigenvalue weighted by atomic mass is 10.2. The number of sulfonamides is 1. The van der Waals surface area contributed by atoms with E-state index in [2.05, 4.69) is 10.9 Å². The highest BCUT2D eigenvalue weighted by Crippen LogP contribution is 2.17. The summed E-state index contributed by atoms with van der Waals surface area (Å²) in [5, 5.41) is 0. The Kier molecular flexibility index (Phi) is 8.44. The molecule has 0 radical (unpaired) electrons. The van der Waals surface area contributed by atoms with Gasteiger partial charge in [-0.1, -0.05) is 13.8 Å². The number of hydrogen-bond donors (Lipinski definition) is 2. The minimum atomic E-state index is -3.66. The second kappa shape index (κ2) is 10.8. The van der Waals surface area contributed by atoms with Crippen LogP contribution in [0.4, 0.5) is 4.39 Å². The van der Waals surface area contributed by atoms with E-state index in [4.69, 9.17) is 4.74 Å². The molecule has 32 heavy (non-hydrogen) atoms. The molecule has 11 heteroatoms. The van der Waals surface area contributed by atoms with Crippen molar-refractivity contribution in [2.75, 3.05) is 13.1 Å². The maximum absolute atomic E-state index is 12.9. The van der Waals surface area contributed by atoms with Gasteiger partial charge >= 0.3 is 5.97 Å². The highest BCUT2D eigenvalue weighted by Gasteiger charge is 2.23. The molecule has 0 aliphatic rings. The predicted octanol–water partition coefficient (Wildman–Crippen LogP) is 1.86. The van der Waals surface area contributed by atoms with Crippen LogP contribution in [0, 0.1) is 5.82 Å². The van der Waals surface area contributed by atoms with Gasteiger partial charge in [-0.15, -0.1) is 0 Å². The quantitative estimate of drug-likeness (QED) is 0.453. The first kappa shape index (κ1) is 25.0. The molecule has 0 saturated heterocycles. The van der Waals surface area contributed by atoms with E-state index >= 15 is 0 Å². The van der Waals surface area contributed by atoms with Crippen LogP contribution in [0.25, 0.3) is 0 Å². The summed E-state index contributed by atoms with van der Waals surface area (Å²) in [4.78, 5) is 36.3. The van der Waals surface area contributed by atoms with Crippen molar-refractivity contribution in [3.8, 4) is 0 Å². The van der Waals surface area contributed by atoms with Crippen molar-refractivity contribution in [2.45, 2.75) is 31.8 Å². The molecule has 0 heterocycles. The fourth-order valence-electron chi connectivity index (χ4n) is 2.65. The second-order valence-corrected chi connectivity index (χ2v) is 8.55. The van der Waals surface area contributed by atoms with E-state index in [1.165, 1.54) is 47.6 Å². The molecule has 0 aliphatic heterocycles. The van der Waals surface area contributed by atoms with E-state index in [-0.39, 0.29) is 16.0 Å². The summed E-state index contributed by atoms with van der Waals surface area (Å²) < 4.78 is 44.2. The standard InChI is InChI=1S/C21H24FN3O6S/c1-4-25(5-2)32(29,30)18-12-8-16(9-13-18)21(28)31-14(3)19(26)23-24-20(27)15-6-10-17(22)11-7-15/h6-14H,4-5H2,1-3H3,(H,23,26)(H,24,27)/t14-/m1/s1. The molecule has 1 atom stereocenters. The number of nitrogens with zero attached hydrogens (tertiary/aromatic N) is 1. The topological polar surface area (TPSA) is 122 Å². The van der Waals surface area contributed by atoms with Gasteiger partial charge in [-0.25, -0.2) is 17.6 Å². The number of nitrogens with one attached hydrogen (secondary N) is 2. The lowest BCUT2D eigenvalue weighted by molar-refractivity contribution is -0.129. The molecule has 2 N–H and O–H groups in total. The van der Waals surface area contributed by atoms with Crippen LogP contribution >= 0.6 is 0 Å². The molecule has 0 spiro atoms. The third kappa shape index (κ3) is 6.11. The monoisotopic (exact) mass is 465 g/mol. The van der Waals surface area contributed by atoms with E-state index in [0.717, 1.165) is 12.1 Å². The zero-order valence-electron chi connectivity index (χ0n) is 17.8. The van der Waals surface area contributed by atoms with Gasteiger partial charge in [0.1, 0.15) is 5.82 Å². The summed E-state index contributed by atoms with van der Waals surface area (Å²) in [6.45, 7) is 5.37. The normalized spacial score (nSPS) is 12.2. The van der Waals surface area contributed by atoms with Crippen molar-refractivity contribution in [3.05, 3.63) is 65.5 Å². The molecule has 2 aromatic rings. The van der Waals surface area contributed by atoms with Gasteiger partial charge in [0.15, 0.2) is 6.10 Å². The van der Waals surface area contributed by atoms with Gasteiger partial charge in [0, 0.05) is 18.7 Å². The van der Waals surface area contributed by atoms with E-state index in [1.807, 2.05) is 0 Å². The van der Waals surface area contributed by atoms with Crippen molar-refractivity contribution in [1.82, 2.24) is 15.2 Å². The minimum Gasteiger partial charge on any atom is -0.449 e. The molecule has 9 nitrogen and oxygen atoms in total. The molecule has 0 fully saturated rings. The van der Waals surface area contributed by atoms with Crippen LogP contribution in [-0.4, -0.2) is 49.7 Å². The fourth-order valence-corrected chi connectivity index (χ4v) is 4.11. The van der Waals surface area contributed by atoms with Crippen molar-refractivity contribution in [3.63, 3.8) is 0 Å². The van der Waals surface area contributed by atoms with E-state index in [0.29, 0.717) is 13.1 Å². The number of carbonyl (C=O) groups excluding carboxylic acids is 3.